The molecule has 0 bridgehead atoms. The number of nitrogens with one attached hydrogen (secondary N) is 1. The van der Waals surface area contributed by atoms with Gasteiger partial charge in [0.2, 0.25) is 0 Å². The molecular weight excluding hydrogens is 422 g/mol. The molecule has 2 N–H and O–H groups in total. The fourth-order valence-corrected chi connectivity index (χ4v) is 6.84. The normalized spacial score (nSPS) is 17.6. The van der Waals surface area contributed by atoms with Crippen LogP contribution in [0.25, 0.3) is 10.9 Å². The molecule has 0 spiro atoms. The zero-order chi connectivity index (χ0) is 19.8. The van der Waals surface area contributed by atoms with E-state index in [1.165, 1.54) is 27.0 Å². The van der Waals surface area contributed by atoms with Gasteiger partial charge < -0.3 is 15.0 Å². The number of piperazine rings is 1. The zero-order valence-corrected chi connectivity index (χ0v) is 18.5. The van der Waals surface area contributed by atoms with Crippen molar-refractivity contribution in [2.75, 3.05) is 49.1 Å². The van der Waals surface area contributed by atoms with Crippen LogP contribution in [0.4, 0.5) is 5.69 Å². The average molecular weight is 446 g/mol. The van der Waals surface area contributed by atoms with Crippen molar-refractivity contribution in [3.8, 4) is 5.88 Å². The predicted molar refractivity (Wildman–Crippen MR) is 125 cm³/mol. The minimum atomic E-state index is 0.270. The van der Waals surface area contributed by atoms with Crippen molar-refractivity contribution in [3.63, 3.8) is 0 Å². The summed E-state index contributed by atoms with van der Waals surface area (Å²) in [4.78, 5) is 11.0. The van der Waals surface area contributed by atoms with Crippen LogP contribution in [0.5, 0.6) is 5.88 Å². The fraction of sp³-hybridized carbons (Fsp3) is 0.364. The summed E-state index contributed by atoms with van der Waals surface area (Å²) in [6.45, 7) is 5.16. The van der Waals surface area contributed by atoms with Crippen LogP contribution in [0.1, 0.15) is 5.56 Å². The summed E-state index contributed by atoms with van der Waals surface area (Å²) in [5.74, 6) is 2.68. The van der Waals surface area contributed by atoms with Gasteiger partial charge in [0.15, 0.2) is 5.88 Å². The van der Waals surface area contributed by atoms with E-state index in [-0.39, 0.29) is 5.88 Å². The Morgan fingerprint density at radius 2 is 1.86 bits per heavy atom. The molecule has 0 saturated carbocycles. The molecule has 1 saturated heterocycles. The summed E-state index contributed by atoms with van der Waals surface area (Å²) in [5.41, 5.74) is 3.30. The molecule has 5 rings (SSSR count). The lowest BCUT2D eigenvalue weighted by molar-refractivity contribution is 0.260. The van der Waals surface area contributed by atoms with Crippen LogP contribution in [-0.4, -0.2) is 59.2 Å². The first-order chi connectivity index (χ1) is 14.2. The minimum Gasteiger partial charge on any atom is -0.494 e. The highest BCUT2D eigenvalue weighted by Crippen LogP contribution is 2.42. The topological polar surface area (TPSA) is 42.5 Å². The molecule has 0 unspecified atom stereocenters. The molecule has 2 aliphatic heterocycles. The fourth-order valence-electron chi connectivity index (χ4n) is 4.26. The summed E-state index contributed by atoms with van der Waals surface area (Å²) in [6, 6.07) is 12.5. The number of fused-ring (bicyclic) bond motifs is 2. The van der Waals surface area contributed by atoms with Crippen molar-refractivity contribution in [1.82, 2.24) is 9.88 Å². The maximum Gasteiger partial charge on any atom is 0.192 e. The highest BCUT2D eigenvalue weighted by atomic mass is 35.5. The maximum absolute atomic E-state index is 10.3. The number of anilines is 1. The first kappa shape index (κ1) is 19.5. The third-order valence-electron chi connectivity index (χ3n) is 5.78. The van der Waals surface area contributed by atoms with Crippen LogP contribution in [-0.2, 0) is 6.42 Å². The Hall–Kier alpha value is -1.47. The molecule has 0 amide bonds. The highest BCUT2D eigenvalue weighted by molar-refractivity contribution is 8.05. The Balaban J connectivity index is 1.23. The van der Waals surface area contributed by atoms with Crippen LogP contribution >= 0.6 is 35.1 Å². The number of hydrogen-bond acceptors (Lipinski definition) is 5. The Bertz CT molecular complexity index is 1030. The van der Waals surface area contributed by atoms with Crippen LogP contribution in [0, 0.1) is 0 Å². The van der Waals surface area contributed by atoms with Gasteiger partial charge in [0, 0.05) is 70.0 Å². The van der Waals surface area contributed by atoms with Crippen LogP contribution in [0.15, 0.2) is 46.2 Å². The quantitative estimate of drug-likeness (QED) is 0.585. The number of aromatic amines is 1. The molecule has 0 radical (unpaired) electrons. The third-order valence-corrected chi connectivity index (χ3v) is 8.59. The van der Waals surface area contributed by atoms with Crippen LogP contribution in [0.3, 0.4) is 0 Å². The van der Waals surface area contributed by atoms with E-state index in [9.17, 15) is 5.11 Å². The smallest absolute Gasteiger partial charge is 0.192 e. The lowest BCUT2D eigenvalue weighted by atomic mass is 10.1. The predicted octanol–water partition coefficient (Wildman–Crippen LogP) is 5.09. The van der Waals surface area contributed by atoms with Gasteiger partial charge in [-0.05, 0) is 30.7 Å². The van der Waals surface area contributed by atoms with Crippen molar-refractivity contribution in [2.45, 2.75) is 16.2 Å². The second kappa shape index (κ2) is 8.34. The Kier molecular flexibility index (Phi) is 5.61. The Morgan fingerprint density at radius 1 is 1.03 bits per heavy atom. The lowest BCUT2D eigenvalue weighted by Gasteiger charge is -2.37. The minimum absolute atomic E-state index is 0.270. The van der Waals surface area contributed by atoms with Crippen molar-refractivity contribution in [3.05, 3.63) is 47.0 Å². The van der Waals surface area contributed by atoms with Gasteiger partial charge in [-0.1, -0.05) is 23.7 Å². The standard InChI is InChI=1S/C22H24ClN3OS2/c23-15-4-5-16-17(22(27)24-18(16)14-15)6-7-25-8-10-26(11-9-25)19-2-1-3-20-21(19)29-13-12-28-20/h1-5,14,24,27H,6-13H2. The molecule has 1 aromatic heterocycles. The number of nitrogens with zero attached hydrogens (tertiary/aromatic N) is 2. The summed E-state index contributed by atoms with van der Waals surface area (Å²) >= 11 is 10.1. The van der Waals surface area contributed by atoms with Gasteiger partial charge in [-0.2, -0.15) is 0 Å². The lowest BCUT2D eigenvalue weighted by Crippen LogP contribution is -2.47. The second-order valence-corrected chi connectivity index (χ2v) is 10.2. The number of rotatable bonds is 4. The molecule has 0 atom stereocenters. The number of thioether (sulfide) groups is 2. The largest absolute Gasteiger partial charge is 0.494 e. The van der Waals surface area contributed by atoms with E-state index < -0.39 is 0 Å². The molecule has 29 heavy (non-hydrogen) atoms. The molecule has 3 heterocycles. The van der Waals surface area contributed by atoms with E-state index in [0.29, 0.717) is 5.02 Å². The Labute approximate surface area is 184 Å². The number of aromatic hydroxyl groups is 1. The zero-order valence-electron chi connectivity index (χ0n) is 16.2. The van der Waals surface area contributed by atoms with Crippen LogP contribution < -0.4 is 4.90 Å². The van der Waals surface area contributed by atoms with E-state index in [4.69, 9.17) is 11.6 Å². The van der Waals surface area contributed by atoms with Gasteiger partial charge in [-0.25, -0.2) is 0 Å². The van der Waals surface area contributed by atoms with Gasteiger partial charge in [0.05, 0.1) is 11.2 Å². The number of benzene rings is 2. The van der Waals surface area contributed by atoms with Crippen LogP contribution in [0.2, 0.25) is 5.02 Å². The average Bonchev–Trinajstić information content (AvgIpc) is 3.06. The molecule has 2 aliphatic rings. The van der Waals surface area contributed by atoms with Crippen molar-refractivity contribution in [2.24, 2.45) is 0 Å². The number of H-pyrrole nitrogens is 1. The molecule has 0 aliphatic carbocycles. The number of hydrogen-bond donors (Lipinski definition) is 2. The van der Waals surface area contributed by atoms with Gasteiger partial charge >= 0.3 is 0 Å². The van der Waals surface area contributed by atoms with Gasteiger partial charge in [-0.3, -0.25) is 4.90 Å². The molecule has 4 nitrogen and oxygen atoms in total. The van der Waals surface area contributed by atoms with E-state index in [1.54, 1.807) is 0 Å². The second-order valence-electron chi connectivity index (χ2n) is 7.52. The van der Waals surface area contributed by atoms with Crippen molar-refractivity contribution < 1.29 is 5.11 Å². The van der Waals surface area contributed by atoms with Crippen molar-refractivity contribution >= 4 is 51.7 Å². The first-order valence-electron chi connectivity index (χ1n) is 10.0. The summed E-state index contributed by atoms with van der Waals surface area (Å²) in [6.07, 6.45) is 0.834. The van der Waals surface area contributed by atoms with Gasteiger partial charge in [0.1, 0.15) is 0 Å². The molecule has 7 heteroatoms. The first-order valence-corrected chi connectivity index (χ1v) is 12.4. The maximum atomic E-state index is 10.3. The molecule has 3 aromatic rings. The number of halogens is 1. The Morgan fingerprint density at radius 3 is 2.72 bits per heavy atom. The summed E-state index contributed by atoms with van der Waals surface area (Å²) < 4.78 is 0. The van der Waals surface area contributed by atoms with Crippen molar-refractivity contribution in [1.29, 1.82) is 0 Å². The molecular formula is C22H24ClN3OS2. The van der Waals surface area contributed by atoms with Gasteiger partial charge in [0.25, 0.3) is 0 Å². The number of aromatic nitrogens is 1. The monoisotopic (exact) mass is 445 g/mol. The molecule has 2 aromatic carbocycles. The summed E-state index contributed by atoms with van der Waals surface area (Å²) in [7, 11) is 0. The molecule has 1 fully saturated rings. The third kappa shape index (κ3) is 3.96. The van der Waals surface area contributed by atoms with E-state index in [0.717, 1.165) is 55.6 Å². The van der Waals surface area contributed by atoms with E-state index in [1.807, 2.05) is 41.7 Å². The molecule has 152 valence electrons. The summed E-state index contributed by atoms with van der Waals surface area (Å²) in [5, 5.41) is 12.1. The highest BCUT2D eigenvalue weighted by Gasteiger charge is 2.23. The SMILES string of the molecule is Oc1[nH]c2cc(Cl)ccc2c1CCN1CCN(c2cccc3c2SCCS3)CC1. The van der Waals surface area contributed by atoms with E-state index >= 15 is 0 Å². The van der Waals surface area contributed by atoms with Gasteiger partial charge in [-0.15, -0.1) is 23.5 Å². The van der Waals surface area contributed by atoms with E-state index in [2.05, 4.69) is 33.0 Å².